The van der Waals surface area contributed by atoms with Crippen LogP contribution in [0.15, 0.2) is 77.6 Å². The van der Waals surface area contributed by atoms with E-state index in [1.165, 1.54) is 5.69 Å². The van der Waals surface area contributed by atoms with E-state index in [-0.39, 0.29) is 17.9 Å². The van der Waals surface area contributed by atoms with Crippen molar-refractivity contribution >= 4 is 33.4 Å². The summed E-state index contributed by atoms with van der Waals surface area (Å²) in [6.07, 6.45) is 0. The molecule has 0 bridgehead atoms. The molecule has 6 nitrogen and oxygen atoms in total. The van der Waals surface area contributed by atoms with Crippen LogP contribution >= 0.6 is 0 Å². The molecule has 4 aromatic rings. The third kappa shape index (κ3) is 4.22. The number of hydrogen-bond donors (Lipinski definition) is 1. The summed E-state index contributed by atoms with van der Waals surface area (Å²) in [5, 5.41) is 4.36. The number of likely N-dealkylation sites (N-methyl/N-ethyl adjacent to an activating group) is 1. The molecule has 0 spiro atoms. The van der Waals surface area contributed by atoms with E-state index in [1.807, 2.05) is 59.2 Å². The van der Waals surface area contributed by atoms with Crippen molar-refractivity contribution in [2.75, 3.05) is 38.1 Å². The molecule has 1 N–H and O–H groups in total. The lowest BCUT2D eigenvalue weighted by atomic mass is 10.1. The molecule has 168 valence electrons. The highest BCUT2D eigenvalue weighted by atomic mass is 16.2. The van der Waals surface area contributed by atoms with E-state index in [0.29, 0.717) is 17.3 Å². The number of carbonyl (C=O) groups excluding carboxylic acids is 1. The van der Waals surface area contributed by atoms with Crippen molar-refractivity contribution in [1.82, 2.24) is 14.8 Å². The second kappa shape index (κ2) is 9.08. The SMILES string of the molecule is CN1CCN(c2ccccc2CNC(=O)Cn2c3ccccc3c(=O)c3ccccc32)CC1. The fourth-order valence-corrected chi connectivity index (χ4v) is 4.66. The molecule has 0 radical (unpaired) electrons. The van der Waals surface area contributed by atoms with E-state index in [4.69, 9.17) is 0 Å². The lowest BCUT2D eigenvalue weighted by molar-refractivity contribution is -0.121. The van der Waals surface area contributed by atoms with Crippen LogP contribution in [0.1, 0.15) is 5.56 Å². The maximum atomic E-state index is 13.1. The van der Waals surface area contributed by atoms with Crippen LogP contribution in [-0.4, -0.2) is 48.6 Å². The number of nitrogens with zero attached hydrogens (tertiary/aromatic N) is 3. The predicted molar refractivity (Wildman–Crippen MR) is 134 cm³/mol. The Labute approximate surface area is 193 Å². The van der Waals surface area contributed by atoms with E-state index in [2.05, 4.69) is 40.4 Å². The molecule has 33 heavy (non-hydrogen) atoms. The Morgan fingerprint density at radius 3 is 2.06 bits per heavy atom. The fraction of sp³-hybridized carbons (Fsp3) is 0.259. The van der Waals surface area contributed by atoms with Crippen LogP contribution in [0.2, 0.25) is 0 Å². The number of rotatable bonds is 5. The molecule has 2 heterocycles. The highest BCUT2D eigenvalue weighted by Crippen LogP contribution is 2.22. The van der Waals surface area contributed by atoms with E-state index in [9.17, 15) is 9.59 Å². The highest BCUT2D eigenvalue weighted by molar-refractivity contribution is 5.94. The van der Waals surface area contributed by atoms with Crippen LogP contribution < -0.4 is 15.6 Å². The van der Waals surface area contributed by atoms with Crippen LogP contribution in [0.25, 0.3) is 21.8 Å². The van der Waals surface area contributed by atoms with E-state index in [0.717, 1.165) is 42.8 Å². The number of hydrogen-bond acceptors (Lipinski definition) is 4. The van der Waals surface area contributed by atoms with Gasteiger partial charge in [0.15, 0.2) is 5.43 Å². The van der Waals surface area contributed by atoms with Gasteiger partial charge in [-0.15, -0.1) is 0 Å². The molecule has 1 aliphatic rings. The quantitative estimate of drug-likeness (QED) is 0.484. The van der Waals surface area contributed by atoms with Gasteiger partial charge in [0.1, 0.15) is 6.54 Å². The number of benzene rings is 3. The number of aromatic nitrogens is 1. The van der Waals surface area contributed by atoms with Gasteiger partial charge in [-0.05, 0) is 42.9 Å². The molecule has 1 saturated heterocycles. The zero-order chi connectivity index (χ0) is 22.8. The molecular formula is C27H28N4O2. The van der Waals surface area contributed by atoms with Crippen molar-refractivity contribution in [3.05, 3.63) is 88.6 Å². The fourth-order valence-electron chi connectivity index (χ4n) is 4.66. The largest absolute Gasteiger partial charge is 0.369 e. The number of para-hydroxylation sites is 3. The Kier molecular flexibility index (Phi) is 5.84. The van der Waals surface area contributed by atoms with Gasteiger partial charge >= 0.3 is 0 Å². The Morgan fingerprint density at radius 1 is 0.818 bits per heavy atom. The zero-order valence-electron chi connectivity index (χ0n) is 18.8. The summed E-state index contributed by atoms with van der Waals surface area (Å²) in [6.45, 7) is 4.66. The van der Waals surface area contributed by atoms with Gasteiger partial charge in [-0.25, -0.2) is 0 Å². The van der Waals surface area contributed by atoms with Gasteiger partial charge in [-0.3, -0.25) is 9.59 Å². The summed E-state index contributed by atoms with van der Waals surface area (Å²) in [7, 11) is 2.15. The monoisotopic (exact) mass is 440 g/mol. The average molecular weight is 441 g/mol. The van der Waals surface area contributed by atoms with Gasteiger partial charge in [-0.2, -0.15) is 0 Å². The second-order valence-electron chi connectivity index (χ2n) is 8.65. The zero-order valence-corrected chi connectivity index (χ0v) is 18.8. The summed E-state index contributed by atoms with van der Waals surface area (Å²) in [6, 6.07) is 23.3. The molecule has 6 heteroatoms. The normalized spacial score (nSPS) is 14.6. The molecule has 1 aromatic heterocycles. The van der Waals surface area contributed by atoms with Gasteiger partial charge in [0, 0.05) is 49.2 Å². The summed E-state index contributed by atoms with van der Waals surface area (Å²) in [5.74, 6) is -0.0814. The van der Waals surface area contributed by atoms with Gasteiger partial charge < -0.3 is 19.7 Å². The van der Waals surface area contributed by atoms with Crippen molar-refractivity contribution in [2.45, 2.75) is 13.1 Å². The molecule has 0 unspecified atom stereocenters. The van der Waals surface area contributed by atoms with Crippen molar-refractivity contribution in [3.63, 3.8) is 0 Å². The van der Waals surface area contributed by atoms with E-state index < -0.39 is 0 Å². The van der Waals surface area contributed by atoms with Gasteiger partial charge in [0.05, 0.1) is 11.0 Å². The first-order chi connectivity index (χ1) is 16.1. The minimum absolute atomic E-state index is 0.000961. The smallest absolute Gasteiger partial charge is 0.240 e. The van der Waals surface area contributed by atoms with Crippen molar-refractivity contribution in [2.24, 2.45) is 0 Å². The maximum absolute atomic E-state index is 13.1. The van der Waals surface area contributed by atoms with Crippen LogP contribution in [0.4, 0.5) is 5.69 Å². The first-order valence-corrected chi connectivity index (χ1v) is 11.4. The predicted octanol–water partition coefficient (Wildman–Crippen LogP) is 3.22. The second-order valence-corrected chi connectivity index (χ2v) is 8.65. The van der Waals surface area contributed by atoms with Crippen molar-refractivity contribution in [3.8, 4) is 0 Å². The minimum Gasteiger partial charge on any atom is -0.369 e. The standard InChI is InChI=1S/C27H28N4O2/c1-29-14-16-30(17-15-29)23-11-5-2-8-20(23)18-28-26(32)19-31-24-12-6-3-9-21(24)27(33)22-10-4-7-13-25(22)31/h2-13H,14-19H2,1H3,(H,28,32). The van der Waals surface area contributed by atoms with Crippen LogP contribution in [0, 0.1) is 0 Å². The highest BCUT2D eigenvalue weighted by Gasteiger charge is 2.17. The third-order valence-corrected chi connectivity index (χ3v) is 6.49. The molecule has 5 rings (SSSR count). The Balaban J connectivity index is 1.39. The van der Waals surface area contributed by atoms with Crippen LogP contribution in [-0.2, 0) is 17.9 Å². The molecule has 0 atom stereocenters. The van der Waals surface area contributed by atoms with E-state index >= 15 is 0 Å². The van der Waals surface area contributed by atoms with Crippen LogP contribution in [0.3, 0.4) is 0 Å². The minimum atomic E-state index is -0.0814. The summed E-state index contributed by atoms with van der Waals surface area (Å²) >= 11 is 0. The summed E-state index contributed by atoms with van der Waals surface area (Å²) < 4.78 is 1.94. The van der Waals surface area contributed by atoms with Crippen molar-refractivity contribution < 1.29 is 4.79 Å². The summed E-state index contributed by atoms with van der Waals surface area (Å²) in [4.78, 5) is 30.7. The number of piperazine rings is 1. The lowest BCUT2D eigenvalue weighted by Crippen LogP contribution is -2.45. The first kappa shape index (κ1) is 21.2. The summed E-state index contributed by atoms with van der Waals surface area (Å²) in [5.41, 5.74) is 3.84. The van der Waals surface area contributed by atoms with Crippen LogP contribution in [0.5, 0.6) is 0 Å². The molecule has 1 amide bonds. The molecular weight excluding hydrogens is 412 g/mol. The molecule has 1 fully saturated rings. The number of nitrogens with one attached hydrogen (secondary N) is 1. The Hall–Kier alpha value is -3.64. The van der Waals surface area contributed by atoms with Crippen molar-refractivity contribution in [1.29, 1.82) is 0 Å². The Morgan fingerprint density at radius 2 is 1.39 bits per heavy atom. The molecule has 3 aromatic carbocycles. The van der Waals surface area contributed by atoms with Gasteiger partial charge in [0.2, 0.25) is 5.91 Å². The van der Waals surface area contributed by atoms with Gasteiger partial charge in [-0.1, -0.05) is 42.5 Å². The van der Waals surface area contributed by atoms with Gasteiger partial charge in [0.25, 0.3) is 0 Å². The topological polar surface area (TPSA) is 57.6 Å². The Bertz CT molecular complexity index is 1310. The average Bonchev–Trinajstić information content (AvgIpc) is 2.86. The molecule has 0 aliphatic carbocycles. The number of pyridine rings is 1. The number of carbonyl (C=O) groups is 1. The molecule has 1 aliphatic heterocycles. The number of fused-ring (bicyclic) bond motifs is 2. The first-order valence-electron chi connectivity index (χ1n) is 11.4. The molecule has 0 saturated carbocycles. The number of anilines is 1. The third-order valence-electron chi connectivity index (χ3n) is 6.49. The number of amides is 1. The maximum Gasteiger partial charge on any atom is 0.240 e. The lowest BCUT2D eigenvalue weighted by Gasteiger charge is -2.35. The van der Waals surface area contributed by atoms with E-state index in [1.54, 1.807) is 0 Å².